The van der Waals surface area contributed by atoms with Crippen LogP contribution in [-0.4, -0.2) is 30.8 Å². The summed E-state index contributed by atoms with van der Waals surface area (Å²) in [7, 11) is 1.67. The van der Waals surface area contributed by atoms with Crippen LogP contribution >= 0.6 is 11.9 Å². The number of nitrogens with zero attached hydrogens (tertiary/aromatic N) is 1. The Bertz CT molecular complexity index is 358. The number of carbonyl (C=O) groups excluding carboxylic acids is 1. The summed E-state index contributed by atoms with van der Waals surface area (Å²) in [4.78, 5) is 11.9. The molecule has 17 heavy (non-hydrogen) atoms. The second-order valence-corrected chi connectivity index (χ2v) is 5.34. The first-order valence-electron chi connectivity index (χ1n) is 5.84. The Morgan fingerprint density at radius 1 is 1.29 bits per heavy atom. The number of hydrogen-bond acceptors (Lipinski definition) is 4. The minimum atomic E-state index is 0.266. The van der Waals surface area contributed by atoms with Crippen LogP contribution in [0.1, 0.15) is 12.8 Å². The number of piperidine rings is 1. The average molecular weight is 251 g/mol. The van der Waals surface area contributed by atoms with Crippen molar-refractivity contribution < 1.29 is 9.53 Å². The van der Waals surface area contributed by atoms with Crippen molar-refractivity contribution in [1.82, 2.24) is 4.31 Å². The molecule has 2 rings (SSSR count). The van der Waals surface area contributed by atoms with E-state index in [2.05, 4.69) is 16.4 Å². The molecule has 0 saturated carbocycles. The number of hydrogen-bond donors (Lipinski definition) is 0. The van der Waals surface area contributed by atoms with E-state index in [4.69, 9.17) is 4.74 Å². The maximum Gasteiger partial charge on any atom is 0.123 e. The van der Waals surface area contributed by atoms with Crippen molar-refractivity contribution in [3.63, 3.8) is 0 Å². The third-order valence-electron chi connectivity index (χ3n) is 2.98. The van der Waals surface area contributed by atoms with Crippen LogP contribution in [-0.2, 0) is 4.79 Å². The second-order valence-electron chi connectivity index (χ2n) is 4.17. The summed E-state index contributed by atoms with van der Waals surface area (Å²) < 4.78 is 7.45. The highest BCUT2D eigenvalue weighted by molar-refractivity contribution is 7.97. The molecule has 1 aromatic rings. The van der Waals surface area contributed by atoms with Gasteiger partial charge in [0, 0.05) is 23.9 Å². The lowest BCUT2D eigenvalue weighted by atomic mass is 10.0. The van der Waals surface area contributed by atoms with Crippen molar-refractivity contribution in [1.29, 1.82) is 0 Å². The predicted molar refractivity (Wildman–Crippen MR) is 69.2 cm³/mol. The van der Waals surface area contributed by atoms with Gasteiger partial charge in [-0.25, -0.2) is 4.31 Å². The summed E-state index contributed by atoms with van der Waals surface area (Å²) in [6, 6.07) is 8.08. The van der Waals surface area contributed by atoms with Crippen molar-refractivity contribution in [2.75, 3.05) is 20.2 Å². The fourth-order valence-electron chi connectivity index (χ4n) is 1.89. The summed E-state index contributed by atoms with van der Waals surface area (Å²) >= 11 is 1.76. The molecular formula is C13H17NO2S. The van der Waals surface area contributed by atoms with E-state index >= 15 is 0 Å². The van der Waals surface area contributed by atoms with Crippen LogP contribution < -0.4 is 4.74 Å². The summed E-state index contributed by atoms with van der Waals surface area (Å²) in [6.07, 6.45) is 3.05. The Hall–Kier alpha value is -1.00. The molecule has 0 aromatic heterocycles. The van der Waals surface area contributed by atoms with Crippen LogP contribution in [0.3, 0.4) is 0 Å². The van der Waals surface area contributed by atoms with Crippen LogP contribution in [0.4, 0.5) is 0 Å². The van der Waals surface area contributed by atoms with Crippen molar-refractivity contribution in [2.45, 2.75) is 17.7 Å². The monoisotopic (exact) mass is 251 g/mol. The van der Waals surface area contributed by atoms with Crippen molar-refractivity contribution in [3.05, 3.63) is 24.3 Å². The normalized spacial score (nSPS) is 17.9. The summed E-state index contributed by atoms with van der Waals surface area (Å²) in [5.41, 5.74) is 0. The first kappa shape index (κ1) is 12.5. The van der Waals surface area contributed by atoms with Crippen molar-refractivity contribution in [2.24, 2.45) is 5.92 Å². The Morgan fingerprint density at radius 3 is 2.47 bits per heavy atom. The molecule has 1 saturated heterocycles. The van der Waals surface area contributed by atoms with E-state index in [1.54, 1.807) is 19.1 Å². The van der Waals surface area contributed by atoms with E-state index in [0.717, 1.165) is 38.0 Å². The van der Waals surface area contributed by atoms with Gasteiger partial charge in [-0.1, -0.05) is 0 Å². The minimum absolute atomic E-state index is 0.266. The lowest BCUT2D eigenvalue weighted by molar-refractivity contribution is -0.112. The van der Waals surface area contributed by atoms with Crippen LogP contribution in [0.5, 0.6) is 5.75 Å². The molecule has 1 heterocycles. The Labute approximate surface area is 106 Å². The molecule has 0 N–H and O–H groups in total. The first-order chi connectivity index (χ1) is 8.31. The van der Waals surface area contributed by atoms with Gasteiger partial charge in [-0.15, -0.1) is 0 Å². The third kappa shape index (κ3) is 3.48. The molecule has 3 nitrogen and oxygen atoms in total. The summed E-state index contributed by atoms with van der Waals surface area (Å²) in [5.74, 6) is 1.15. The molecule has 1 aliphatic heterocycles. The van der Waals surface area contributed by atoms with Gasteiger partial charge in [-0.2, -0.15) is 0 Å². The SMILES string of the molecule is COc1ccc(SN2CCC(C=O)CC2)cc1. The van der Waals surface area contributed by atoms with Gasteiger partial charge in [-0.3, -0.25) is 0 Å². The lowest BCUT2D eigenvalue weighted by Gasteiger charge is -2.28. The highest BCUT2D eigenvalue weighted by Crippen LogP contribution is 2.28. The maximum absolute atomic E-state index is 10.7. The minimum Gasteiger partial charge on any atom is -0.497 e. The van der Waals surface area contributed by atoms with Crippen LogP contribution in [0.15, 0.2) is 29.2 Å². The maximum atomic E-state index is 10.7. The zero-order valence-electron chi connectivity index (χ0n) is 9.96. The number of methoxy groups -OCH3 is 1. The highest BCUT2D eigenvalue weighted by Gasteiger charge is 2.19. The van der Waals surface area contributed by atoms with Crippen molar-refractivity contribution >= 4 is 18.2 Å². The van der Waals surface area contributed by atoms with E-state index in [9.17, 15) is 4.79 Å². The summed E-state index contributed by atoms with van der Waals surface area (Å²) in [5, 5.41) is 0. The molecule has 1 fully saturated rings. The number of carbonyl (C=O) groups is 1. The Balaban J connectivity index is 1.86. The van der Waals surface area contributed by atoms with Gasteiger partial charge < -0.3 is 9.53 Å². The molecule has 0 radical (unpaired) electrons. The van der Waals surface area contributed by atoms with Gasteiger partial charge in [-0.05, 0) is 49.1 Å². The van der Waals surface area contributed by atoms with Gasteiger partial charge >= 0.3 is 0 Å². The van der Waals surface area contributed by atoms with Gasteiger partial charge in [0.25, 0.3) is 0 Å². The van der Waals surface area contributed by atoms with E-state index in [-0.39, 0.29) is 5.92 Å². The highest BCUT2D eigenvalue weighted by atomic mass is 32.2. The molecule has 0 bridgehead atoms. The van der Waals surface area contributed by atoms with Crippen LogP contribution in [0.25, 0.3) is 0 Å². The third-order valence-corrected chi connectivity index (χ3v) is 4.09. The van der Waals surface area contributed by atoms with Gasteiger partial charge in [0.15, 0.2) is 0 Å². The zero-order valence-corrected chi connectivity index (χ0v) is 10.8. The van der Waals surface area contributed by atoms with E-state index in [0.29, 0.717) is 0 Å². The zero-order chi connectivity index (χ0) is 12.1. The molecule has 0 spiro atoms. The Morgan fingerprint density at radius 2 is 1.94 bits per heavy atom. The van der Waals surface area contributed by atoms with E-state index < -0.39 is 0 Å². The largest absolute Gasteiger partial charge is 0.497 e. The molecule has 4 heteroatoms. The molecule has 0 atom stereocenters. The van der Waals surface area contributed by atoms with E-state index in [1.807, 2.05) is 12.1 Å². The fraction of sp³-hybridized carbons (Fsp3) is 0.462. The topological polar surface area (TPSA) is 29.5 Å². The van der Waals surface area contributed by atoms with Crippen molar-refractivity contribution in [3.8, 4) is 5.75 Å². The first-order valence-corrected chi connectivity index (χ1v) is 6.61. The number of ether oxygens (including phenoxy) is 1. The van der Waals surface area contributed by atoms with E-state index in [1.165, 1.54) is 4.90 Å². The number of benzene rings is 1. The van der Waals surface area contributed by atoms with Crippen LogP contribution in [0.2, 0.25) is 0 Å². The Kier molecular flexibility index (Phi) is 4.45. The molecule has 1 aromatic carbocycles. The van der Waals surface area contributed by atoms with Gasteiger partial charge in [0.1, 0.15) is 12.0 Å². The summed E-state index contributed by atoms with van der Waals surface area (Å²) in [6.45, 7) is 1.97. The molecular weight excluding hydrogens is 234 g/mol. The van der Waals surface area contributed by atoms with Gasteiger partial charge in [0.2, 0.25) is 0 Å². The average Bonchev–Trinajstić information content (AvgIpc) is 2.40. The predicted octanol–water partition coefficient (Wildman–Crippen LogP) is 2.61. The smallest absolute Gasteiger partial charge is 0.123 e. The standard InChI is InChI=1S/C13H17NO2S/c1-16-12-2-4-13(5-3-12)17-14-8-6-11(10-15)7-9-14/h2-5,10-11H,6-9H2,1H3. The molecule has 92 valence electrons. The van der Waals surface area contributed by atoms with Crippen LogP contribution in [0, 0.1) is 5.92 Å². The molecule has 0 amide bonds. The molecule has 0 aliphatic carbocycles. The number of aldehydes is 1. The molecule has 0 unspecified atom stereocenters. The quantitative estimate of drug-likeness (QED) is 0.608. The lowest BCUT2D eigenvalue weighted by Crippen LogP contribution is -2.28. The number of rotatable bonds is 4. The second kappa shape index (κ2) is 6.07. The van der Waals surface area contributed by atoms with Gasteiger partial charge in [0.05, 0.1) is 7.11 Å². The molecule has 1 aliphatic rings. The fourth-order valence-corrected chi connectivity index (χ4v) is 2.84.